The van der Waals surface area contributed by atoms with Crippen molar-refractivity contribution in [1.82, 2.24) is 0 Å². The first-order valence-corrected chi connectivity index (χ1v) is 12.2. The van der Waals surface area contributed by atoms with E-state index in [1.807, 2.05) is 18.2 Å². The summed E-state index contributed by atoms with van der Waals surface area (Å²) in [6.07, 6.45) is 0. The van der Waals surface area contributed by atoms with Crippen molar-refractivity contribution in [3.8, 4) is 17.2 Å². The zero-order chi connectivity index (χ0) is 20.5. The predicted octanol–water partition coefficient (Wildman–Crippen LogP) is 2.68. The van der Waals surface area contributed by atoms with Crippen LogP contribution in [0.5, 0.6) is 17.2 Å². The van der Waals surface area contributed by atoms with Crippen molar-refractivity contribution in [3.05, 3.63) is 91.0 Å². The predicted molar refractivity (Wildman–Crippen MR) is 109 cm³/mol. The molecule has 0 amide bonds. The summed E-state index contributed by atoms with van der Waals surface area (Å²) in [6, 6.07) is 26.4. The fourth-order valence-electron chi connectivity index (χ4n) is 1.89. The molecule has 0 bridgehead atoms. The van der Waals surface area contributed by atoms with Crippen molar-refractivity contribution < 1.29 is 34.2 Å². The summed E-state index contributed by atoms with van der Waals surface area (Å²) in [4.78, 5) is 0. The monoisotopic (exact) mass is 554 g/mol. The van der Waals surface area contributed by atoms with Crippen LogP contribution in [0, 0.1) is 0 Å². The summed E-state index contributed by atoms with van der Waals surface area (Å²) in [6.45, 7) is 0. The van der Waals surface area contributed by atoms with Crippen LogP contribution in [0.4, 0.5) is 0 Å². The Kier molecular flexibility index (Phi) is 10.1. The van der Waals surface area contributed by atoms with Crippen LogP contribution in [0.1, 0.15) is 0 Å². The van der Waals surface area contributed by atoms with Gasteiger partial charge in [0.05, 0.1) is 0 Å². The van der Waals surface area contributed by atoms with Gasteiger partial charge in [-0.1, -0.05) is 54.6 Å². The maximum absolute atomic E-state index is 13.1. The first kappa shape index (κ1) is 24.9. The van der Waals surface area contributed by atoms with Gasteiger partial charge in [0.25, 0.3) is 0 Å². The normalized spacial score (nSPS) is 10.6. The number of hydrogen-bond donors (Lipinski definition) is 2. The summed E-state index contributed by atoms with van der Waals surface area (Å²) in [5.74, 6) is 1.22. The third-order valence-electron chi connectivity index (χ3n) is 2.88. The van der Waals surface area contributed by atoms with Gasteiger partial charge in [-0.25, -0.2) is 0 Å². The van der Waals surface area contributed by atoms with Gasteiger partial charge in [-0.05, 0) is 36.4 Å². The second kappa shape index (κ2) is 11.8. The molecule has 0 saturated carbocycles. The van der Waals surface area contributed by atoms with E-state index in [0.717, 1.165) is 0 Å². The van der Waals surface area contributed by atoms with Gasteiger partial charge in [0, 0.05) is 0 Å². The Bertz CT molecular complexity index is 884. The van der Waals surface area contributed by atoms with Crippen LogP contribution in [-0.4, -0.2) is 38.8 Å². The van der Waals surface area contributed by atoms with Gasteiger partial charge < -0.3 is 13.6 Å². The summed E-state index contributed by atoms with van der Waals surface area (Å²) in [7, 11) is -3.89. The molecule has 0 saturated heterocycles. The first-order valence-electron chi connectivity index (χ1n) is 7.77. The average Bonchev–Trinajstić information content (AvgIpc) is 2.62. The molecule has 0 radical (unpaired) electrons. The molecule has 11 heteroatoms. The van der Waals surface area contributed by atoms with Crippen LogP contribution in [-0.2, 0) is 12.2 Å². The molecule has 3 aromatic carbocycles. The van der Waals surface area contributed by atoms with Gasteiger partial charge in [-0.2, -0.15) is 4.57 Å². The third-order valence-corrected chi connectivity index (χ3v) is 4.18. The molecule has 0 heterocycles. The van der Waals surface area contributed by atoms with E-state index < -0.39 is 21.2 Å². The van der Waals surface area contributed by atoms with Crippen LogP contribution >= 0.6 is 7.82 Å². The quantitative estimate of drug-likeness (QED) is 0.354. The van der Waals surface area contributed by atoms with Crippen LogP contribution in [0.25, 0.3) is 0 Å². The van der Waals surface area contributed by atoms with Gasteiger partial charge in [0.15, 0.2) is 0 Å². The molecule has 0 atom stereocenters. The zero-order valence-electron chi connectivity index (χ0n) is 14.9. The molecule has 29 heavy (non-hydrogen) atoms. The van der Waals surface area contributed by atoms with Crippen molar-refractivity contribution >= 4 is 38.3 Å². The minimum absolute atomic E-state index is 0. The van der Waals surface area contributed by atoms with Crippen molar-refractivity contribution in [2.24, 2.45) is 0 Å². The maximum atomic E-state index is 13.1. The van der Waals surface area contributed by atoms with E-state index in [1.54, 1.807) is 72.8 Å². The van der Waals surface area contributed by atoms with E-state index in [0.29, 0.717) is 17.2 Å². The molecule has 156 valence electrons. The molecule has 0 aliphatic carbocycles. The first-order chi connectivity index (χ1) is 13.2. The number of phosphoric acid groups is 1. The van der Waals surface area contributed by atoms with Crippen molar-refractivity contribution in [3.63, 3.8) is 0 Å². The molecular formula is C18H19O8PSe2. The van der Waals surface area contributed by atoms with Crippen molar-refractivity contribution in [1.29, 1.82) is 0 Å². The van der Waals surface area contributed by atoms with E-state index in [1.165, 1.54) is 0 Å². The van der Waals surface area contributed by atoms with Gasteiger partial charge in [0.2, 0.25) is 0 Å². The van der Waals surface area contributed by atoms with Gasteiger partial charge >= 0.3 is 54.3 Å². The van der Waals surface area contributed by atoms with Crippen LogP contribution in [0.3, 0.4) is 0 Å². The van der Waals surface area contributed by atoms with Gasteiger partial charge in [-0.15, -0.1) is 0 Å². The molecule has 3 aromatic rings. The van der Waals surface area contributed by atoms with Gasteiger partial charge in [0.1, 0.15) is 17.2 Å². The molecule has 0 unspecified atom stereocenters. The fourth-order valence-corrected chi connectivity index (χ4v) is 3.14. The second-order valence-electron chi connectivity index (χ2n) is 5.11. The molecule has 0 aromatic heterocycles. The summed E-state index contributed by atoms with van der Waals surface area (Å²) >= 11 is -5.25. The topological polar surface area (TPSA) is 119 Å². The molecule has 3 rings (SSSR count). The van der Waals surface area contributed by atoms with E-state index >= 15 is 0 Å². The molecule has 0 fully saturated rings. The van der Waals surface area contributed by atoms with Crippen LogP contribution in [0.2, 0.25) is 0 Å². The summed E-state index contributed by atoms with van der Waals surface area (Å²) in [5.41, 5.74) is 0. The van der Waals surface area contributed by atoms with Crippen molar-refractivity contribution in [2.45, 2.75) is 0 Å². The molecule has 0 aliphatic heterocycles. The Morgan fingerprint density at radius 2 is 0.793 bits per heavy atom. The standard InChI is InChI=1S/C18H15O4P.H2O4Se.H2Se/c19-23(20-16-10-4-1-5-11-16,21-17-12-6-2-7-13-17)22-18-14-8-3-9-15-18;1-5(2,3)4;/h1-15H;(H2,1,2,3,4);1H2. The Morgan fingerprint density at radius 1 is 0.586 bits per heavy atom. The molecule has 8 nitrogen and oxygen atoms in total. The number of benzene rings is 3. The van der Waals surface area contributed by atoms with Gasteiger partial charge in [-0.3, -0.25) is 0 Å². The van der Waals surface area contributed by atoms with E-state index in [-0.39, 0.29) is 17.1 Å². The van der Waals surface area contributed by atoms with E-state index in [2.05, 4.69) is 0 Å². The Morgan fingerprint density at radius 3 is 1.00 bits per heavy atom. The summed E-state index contributed by atoms with van der Waals surface area (Å²) in [5, 5.41) is 0. The molecular weight excluding hydrogens is 533 g/mol. The average molecular weight is 552 g/mol. The number of phosphoric ester groups is 1. The SMILES string of the molecule is O=P(Oc1ccccc1)(Oc1ccccc1)Oc1ccccc1.O=[Se](=O)(O)O.[SeH2]. The minimum atomic E-state index is -5.25. The number of hydrogen-bond acceptors (Lipinski definition) is 6. The molecule has 0 spiro atoms. The molecule has 0 aliphatic rings. The Labute approximate surface area is 180 Å². The fraction of sp³-hybridized carbons (Fsp3) is 0. The number of rotatable bonds is 6. The molecule has 2 N–H and O–H groups in total. The van der Waals surface area contributed by atoms with E-state index in [4.69, 9.17) is 29.6 Å². The Balaban J connectivity index is 0.000000628. The van der Waals surface area contributed by atoms with Crippen LogP contribution in [0.15, 0.2) is 91.0 Å². The zero-order valence-corrected chi connectivity index (χ0v) is 19.6. The summed E-state index contributed by atoms with van der Waals surface area (Å²) < 4.78 is 61.5. The number of para-hydroxylation sites is 3. The second-order valence-corrected chi connectivity index (χ2v) is 8.43. The van der Waals surface area contributed by atoms with E-state index in [9.17, 15) is 4.57 Å². The third kappa shape index (κ3) is 10.8. The van der Waals surface area contributed by atoms with Crippen molar-refractivity contribution in [2.75, 3.05) is 0 Å². The Hall–Kier alpha value is -2.15. The van der Waals surface area contributed by atoms with Crippen LogP contribution < -0.4 is 13.6 Å².